The Labute approximate surface area is 111 Å². The number of aromatic hydroxyl groups is 1. The maximum Gasteiger partial charge on any atom is 0.352 e. The summed E-state index contributed by atoms with van der Waals surface area (Å²) in [7, 11) is 0. The van der Waals surface area contributed by atoms with Crippen molar-refractivity contribution in [1.82, 2.24) is 4.57 Å². The molecular weight excluding hydrogens is 246 g/mol. The molecule has 104 valence electrons. The summed E-state index contributed by atoms with van der Waals surface area (Å²) in [4.78, 5) is 23.2. The topological polar surface area (TPSA) is 79.5 Å². The van der Waals surface area contributed by atoms with E-state index in [0.29, 0.717) is 11.8 Å². The Morgan fingerprint density at radius 3 is 2.53 bits per heavy atom. The lowest BCUT2D eigenvalue weighted by Crippen LogP contribution is -2.33. The largest absolute Gasteiger partial charge is 0.508 e. The van der Waals surface area contributed by atoms with Crippen molar-refractivity contribution < 1.29 is 15.0 Å². The molecule has 5 nitrogen and oxygen atoms in total. The molecule has 2 rings (SSSR count). The molecule has 1 aliphatic rings. The van der Waals surface area contributed by atoms with E-state index in [2.05, 4.69) is 13.8 Å². The van der Waals surface area contributed by atoms with Gasteiger partial charge in [-0.2, -0.15) is 0 Å². The van der Waals surface area contributed by atoms with Crippen LogP contribution in [0.3, 0.4) is 0 Å². The van der Waals surface area contributed by atoms with Crippen LogP contribution in [-0.4, -0.2) is 20.7 Å². The highest BCUT2D eigenvalue weighted by Crippen LogP contribution is 2.36. The van der Waals surface area contributed by atoms with Crippen molar-refractivity contribution in [3.8, 4) is 5.75 Å². The van der Waals surface area contributed by atoms with Crippen LogP contribution >= 0.6 is 0 Å². The van der Waals surface area contributed by atoms with Crippen LogP contribution in [0.15, 0.2) is 16.9 Å². The first kappa shape index (κ1) is 13.6. The van der Waals surface area contributed by atoms with E-state index in [1.165, 1.54) is 4.57 Å². The van der Waals surface area contributed by atoms with E-state index in [9.17, 15) is 19.8 Å². The number of rotatable bonds is 2. The lowest BCUT2D eigenvalue weighted by Gasteiger charge is -2.33. The monoisotopic (exact) mass is 265 g/mol. The second-order valence-corrected chi connectivity index (χ2v) is 5.53. The van der Waals surface area contributed by atoms with Gasteiger partial charge in [0.1, 0.15) is 11.4 Å². The first-order valence-electron chi connectivity index (χ1n) is 6.59. The fourth-order valence-electron chi connectivity index (χ4n) is 2.86. The quantitative estimate of drug-likeness (QED) is 0.859. The molecule has 2 N–H and O–H groups in total. The van der Waals surface area contributed by atoms with Gasteiger partial charge >= 0.3 is 5.97 Å². The molecule has 0 amide bonds. The molecule has 5 heteroatoms. The Bertz CT molecular complexity index is 549. The molecule has 0 bridgehead atoms. The standard InChI is InChI=1S/C14H19NO4/c1-8-3-4-10(5-9(8)2)15-12(14(18)19)6-11(16)7-13(15)17/h6-10,16H,3-5H2,1-2H3,(H,18,19). The number of hydrogen-bond donors (Lipinski definition) is 2. The highest BCUT2D eigenvalue weighted by Gasteiger charge is 2.28. The van der Waals surface area contributed by atoms with Crippen LogP contribution < -0.4 is 5.56 Å². The zero-order valence-corrected chi connectivity index (χ0v) is 11.2. The number of nitrogens with zero attached hydrogens (tertiary/aromatic N) is 1. The van der Waals surface area contributed by atoms with Gasteiger partial charge in [-0.1, -0.05) is 13.8 Å². The maximum atomic E-state index is 12.0. The average Bonchev–Trinajstić information content (AvgIpc) is 2.32. The predicted octanol–water partition coefficient (Wildman–Crippen LogP) is 2.25. The molecule has 0 radical (unpaired) electrons. The van der Waals surface area contributed by atoms with Crippen LogP contribution in [-0.2, 0) is 0 Å². The minimum atomic E-state index is -1.18. The third-order valence-corrected chi connectivity index (χ3v) is 4.21. The number of aromatic carboxylic acids is 1. The molecule has 0 saturated heterocycles. The van der Waals surface area contributed by atoms with Crippen molar-refractivity contribution in [2.24, 2.45) is 11.8 Å². The molecule has 19 heavy (non-hydrogen) atoms. The van der Waals surface area contributed by atoms with E-state index in [0.717, 1.165) is 31.4 Å². The van der Waals surface area contributed by atoms with E-state index in [4.69, 9.17) is 0 Å². The molecule has 1 saturated carbocycles. The summed E-state index contributed by atoms with van der Waals surface area (Å²) in [6.07, 6.45) is 2.58. The van der Waals surface area contributed by atoms with Gasteiger partial charge < -0.3 is 10.2 Å². The van der Waals surface area contributed by atoms with Gasteiger partial charge in [0.15, 0.2) is 0 Å². The van der Waals surface area contributed by atoms with Gasteiger partial charge in [-0.25, -0.2) is 4.79 Å². The second kappa shape index (κ2) is 5.07. The summed E-state index contributed by atoms with van der Waals surface area (Å²) in [5.74, 6) is -0.423. The SMILES string of the molecule is CC1CCC(n2c(C(=O)O)cc(O)cc2=O)CC1C. The fraction of sp³-hybridized carbons (Fsp3) is 0.571. The first-order chi connectivity index (χ1) is 8.90. The van der Waals surface area contributed by atoms with Crippen LogP contribution in [0.25, 0.3) is 0 Å². The molecule has 1 heterocycles. The van der Waals surface area contributed by atoms with Crippen LogP contribution in [0.4, 0.5) is 0 Å². The van der Waals surface area contributed by atoms with Crippen LogP contribution in [0.2, 0.25) is 0 Å². The van der Waals surface area contributed by atoms with Gasteiger partial charge in [0.2, 0.25) is 0 Å². The number of aromatic nitrogens is 1. The Hall–Kier alpha value is -1.78. The van der Waals surface area contributed by atoms with Gasteiger partial charge in [-0.3, -0.25) is 9.36 Å². The lowest BCUT2D eigenvalue weighted by molar-refractivity contribution is 0.0674. The third-order valence-electron chi connectivity index (χ3n) is 4.21. The molecule has 3 unspecified atom stereocenters. The summed E-state index contributed by atoms with van der Waals surface area (Å²) >= 11 is 0. The van der Waals surface area contributed by atoms with Gasteiger partial charge in [0.05, 0.1) is 0 Å². The molecular formula is C14H19NO4. The minimum Gasteiger partial charge on any atom is -0.508 e. The molecule has 1 aromatic rings. The second-order valence-electron chi connectivity index (χ2n) is 5.53. The van der Waals surface area contributed by atoms with E-state index >= 15 is 0 Å². The lowest BCUT2D eigenvalue weighted by atomic mass is 9.79. The Morgan fingerprint density at radius 2 is 1.95 bits per heavy atom. The summed E-state index contributed by atoms with van der Waals surface area (Å²) in [5, 5.41) is 18.6. The normalized spacial score (nSPS) is 27.2. The molecule has 0 aromatic carbocycles. The fourth-order valence-corrected chi connectivity index (χ4v) is 2.86. The van der Waals surface area contributed by atoms with Crippen molar-refractivity contribution in [2.45, 2.75) is 39.2 Å². The van der Waals surface area contributed by atoms with Crippen LogP contribution in [0.5, 0.6) is 5.75 Å². The van der Waals surface area contributed by atoms with Crippen LogP contribution in [0.1, 0.15) is 49.6 Å². The zero-order valence-electron chi connectivity index (χ0n) is 11.2. The van der Waals surface area contributed by atoms with E-state index in [1.54, 1.807) is 0 Å². The van der Waals surface area contributed by atoms with Gasteiger partial charge in [-0.15, -0.1) is 0 Å². The Morgan fingerprint density at radius 1 is 1.26 bits per heavy atom. The summed E-state index contributed by atoms with van der Waals surface area (Å²) < 4.78 is 1.32. The van der Waals surface area contributed by atoms with Crippen molar-refractivity contribution in [3.05, 3.63) is 28.2 Å². The number of carboxylic acids is 1. The average molecular weight is 265 g/mol. The van der Waals surface area contributed by atoms with E-state index in [-0.39, 0.29) is 17.5 Å². The number of pyridine rings is 1. The van der Waals surface area contributed by atoms with Crippen molar-refractivity contribution >= 4 is 5.97 Å². The zero-order chi connectivity index (χ0) is 14.2. The van der Waals surface area contributed by atoms with E-state index in [1.807, 2.05) is 0 Å². The first-order valence-corrected chi connectivity index (χ1v) is 6.59. The molecule has 1 aliphatic carbocycles. The van der Waals surface area contributed by atoms with Crippen molar-refractivity contribution in [3.63, 3.8) is 0 Å². The maximum absolute atomic E-state index is 12.0. The highest BCUT2D eigenvalue weighted by atomic mass is 16.4. The van der Waals surface area contributed by atoms with Gasteiger partial charge in [0, 0.05) is 18.2 Å². The minimum absolute atomic E-state index is 0.0922. The summed E-state index contributed by atoms with van der Waals surface area (Å²) in [6.45, 7) is 4.31. The molecule has 0 aliphatic heterocycles. The summed E-state index contributed by atoms with van der Waals surface area (Å²) in [6, 6.07) is 2.13. The molecule has 0 spiro atoms. The Balaban J connectivity index is 2.44. The molecule has 3 atom stereocenters. The number of carboxylic acid groups (broad SMARTS) is 1. The number of hydrogen-bond acceptors (Lipinski definition) is 3. The smallest absolute Gasteiger partial charge is 0.352 e. The van der Waals surface area contributed by atoms with E-state index < -0.39 is 11.5 Å². The number of carbonyl (C=O) groups is 1. The van der Waals surface area contributed by atoms with Gasteiger partial charge in [0.25, 0.3) is 5.56 Å². The summed E-state index contributed by atoms with van der Waals surface area (Å²) in [5.41, 5.74) is -0.569. The predicted molar refractivity (Wildman–Crippen MR) is 70.5 cm³/mol. The molecule has 1 fully saturated rings. The van der Waals surface area contributed by atoms with Crippen LogP contribution in [0, 0.1) is 11.8 Å². The van der Waals surface area contributed by atoms with Crippen molar-refractivity contribution in [2.75, 3.05) is 0 Å². The molecule has 1 aromatic heterocycles. The Kier molecular flexibility index (Phi) is 3.64. The van der Waals surface area contributed by atoms with Crippen molar-refractivity contribution in [1.29, 1.82) is 0 Å². The van der Waals surface area contributed by atoms with Gasteiger partial charge in [-0.05, 0) is 31.1 Å². The third kappa shape index (κ3) is 2.64. The highest BCUT2D eigenvalue weighted by molar-refractivity contribution is 5.86.